The van der Waals surface area contributed by atoms with Crippen molar-refractivity contribution in [3.63, 3.8) is 0 Å². The quantitative estimate of drug-likeness (QED) is 0.525. The van der Waals surface area contributed by atoms with Gasteiger partial charge in [0.25, 0.3) is 5.91 Å². The van der Waals surface area contributed by atoms with Gasteiger partial charge in [-0.25, -0.2) is 10.1 Å². The molecule has 3 rings (SSSR count). The molecule has 2 aromatic carbocycles. The van der Waals surface area contributed by atoms with Crippen LogP contribution in [0.15, 0.2) is 47.8 Å². The van der Waals surface area contributed by atoms with E-state index in [2.05, 4.69) is 26.1 Å². The van der Waals surface area contributed by atoms with Gasteiger partial charge in [-0.2, -0.15) is 5.10 Å². The summed E-state index contributed by atoms with van der Waals surface area (Å²) in [7, 11) is 0. The lowest BCUT2D eigenvalue weighted by Crippen LogP contribution is -2.20. The first-order valence-electron chi connectivity index (χ1n) is 7.28. The third-order valence-electron chi connectivity index (χ3n) is 3.46. The molecule has 1 aromatic heterocycles. The van der Waals surface area contributed by atoms with Gasteiger partial charge in [0, 0.05) is 5.02 Å². The SMILES string of the molecule is C/C(=N/NC(=O)c1c(Cl)cc(Cl)cc1Cl)c1ccc(-n2cnnn2)cc1. The van der Waals surface area contributed by atoms with Crippen LogP contribution in [-0.4, -0.2) is 31.8 Å². The first-order valence-corrected chi connectivity index (χ1v) is 8.42. The summed E-state index contributed by atoms with van der Waals surface area (Å²) in [5, 5.41) is 15.7. The molecule has 0 aliphatic carbocycles. The maximum atomic E-state index is 12.3. The van der Waals surface area contributed by atoms with E-state index in [0.29, 0.717) is 10.7 Å². The summed E-state index contributed by atoms with van der Waals surface area (Å²) in [5.74, 6) is -0.527. The molecule has 0 saturated carbocycles. The number of carbonyl (C=O) groups excluding carboxylic acids is 1. The Balaban J connectivity index is 1.75. The molecule has 26 heavy (non-hydrogen) atoms. The van der Waals surface area contributed by atoms with Gasteiger partial charge in [0.05, 0.1) is 27.0 Å². The third-order valence-corrected chi connectivity index (χ3v) is 4.27. The number of nitrogens with zero attached hydrogens (tertiary/aromatic N) is 5. The summed E-state index contributed by atoms with van der Waals surface area (Å²) < 4.78 is 1.53. The van der Waals surface area contributed by atoms with Crippen LogP contribution in [0, 0.1) is 0 Å². The average molecular weight is 410 g/mol. The maximum Gasteiger partial charge on any atom is 0.274 e. The van der Waals surface area contributed by atoms with Crippen molar-refractivity contribution in [1.82, 2.24) is 25.6 Å². The molecule has 0 bridgehead atoms. The van der Waals surface area contributed by atoms with Gasteiger partial charge in [-0.15, -0.1) is 5.10 Å². The summed E-state index contributed by atoms with van der Waals surface area (Å²) in [4.78, 5) is 12.3. The number of halogens is 3. The van der Waals surface area contributed by atoms with Gasteiger partial charge in [0.2, 0.25) is 0 Å². The molecule has 10 heteroatoms. The van der Waals surface area contributed by atoms with Crippen LogP contribution >= 0.6 is 34.8 Å². The van der Waals surface area contributed by atoms with Gasteiger partial charge < -0.3 is 0 Å². The van der Waals surface area contributed by atoms with Crippen LogP contribution in [0.4, 0.5) is 0 Å². The molecule has 132 valence electrons. The fourth-order valence-corrected chi connectivity index (χ4v) is 3.14. The van der Waals surface area contributed by atoms with Gasteiger partial charge >= 0.3 is 0 Å². The number of hydrogen-bond acceptors (Lipinski definition) is 5. The topological polar surface area (TPSA) is 85.1 Å². The number of hydrogen-bond donors (Lipinski definition) is 1. The van der Waals surface area contributed by atoms with Gasteiger partial charge in [0.1, 0.15) is 6.33 Å². The summed E-state index contributed by atoms with van der Waals surface area (Å²) in [6.07, 6.45) is 1.50. The van der Waals surface area contributed by atoms with E-state index in [1.165, 1.54) is 23.1 Å². The molecule has 0 fully saturated rings. The lowest BCUT2D eigenvalue weighted by Gasteiger charge is -2.07. The van der Waals surface area contributed by atoms with Crippen molar-refractivity contribution >= 4 is 46.4 Å². The number of tetrazole rings is 1. The second-order valence-corrected chi connectivity index (χ2v) is 6.43. The fourth-order valence-electron chi connectivity index (χ4n) is 2.15. The highest BCUT2D eigenvalue weighted by Crippen LogP contribution is 2.28. The molecule has 7 nitrogen and oxygen atoms in total. The van der Waals surface area contributed by atoms with E-state index >= 15 is 0 Å². The number of benzene rings is 2. The Kier molecular flexibility index (Phi) is 5.51. The number of aromatic nitrogens is 4. The second-order valence-electron chi connectivity index (χ2n) is 5.18. The van der Waals surface area contributed by atoms with Crippen LogP contribution in [0.5, 0.6) is 0 Å². The van der Waals surface area contributed by atoms with E-state index in [-0.39, 0.29) is 15.6 Å². The minimum Gasteiger partial charge on any atom is -0.267 e. The van der Waals surface area contributed by atoms with Crippen LogP contribution in [0.25, 0.3) is 5.69 Å². The molecular weight excluding hydrogens is 399 g/mol. The van der Waals surface area contributed by atoms with Crippen LogP contribution in [0.3, 0.4) is 0 Å². The number of hydrazone groups is 1. The zero-order valence-corrected chi connectivity index (χ0v) is 15.6. The molecule has 0 atom stereocenters. The average Bonchev–Trinajstić information content (AvgIpc) is 3.13. The Bertz CT molecular complexity index is 947. The Labute approximate surface area is 163 Å². The standard InChI is InChI=1S/C16H11Cl3N6O/c1-9(10-2-4-12(5-3-10)25-8-20-23-24-25)21-22-16(26)15-13(18)6-11(17)7-14(15)19/h2-8H,1H3,(H,22,26)/b21-9-. The molecule has 0 aliphatic heterocycles. The highest BCUT2D eigenvalue weighted by molar-refractivity contribution is 6.42. The van der Waals surface area contributed by atoms with Crippen molar-refractivity contribution in [2.75, 3.05) is 0 Å². The number of carbonyl (C=O) groups is 1. The summed E-state index contributed by atoms with van der Waals surface area (Å²) in [6.45, 7) is 1.76. The van der Waals surface area contributed by atoms with Crippen LogP contribution in [0.1, 0.15) is 22.8 Å². The highest BCUT2D eigenvalue weighted by Gasteiger charge is 2.15. The molecule has 0 aliphatic rings. The van der Waals surface area contributed by atoms with E-state index < -0.39 is 5.91 Å². The molecule has 3 aromatic rings. The monoisotopic (exact) mass is 408 g/mol. The first kappa shape index (κ1) is 18.3. The minimum absolute atomic E-state index is 0.114. The zero-order chi connectivity index (χ0) is 18.7. The molecule has 1 amide bonds. The van der Waals surface area contributed by atoms with E-state index in [0.717, 1.165) is 11.3 Å². The normalized spacial score (nSPS) is 11.5. The van der Waals surface area contributed by atoms with Crippen LogP contribution < -0.4 is 5.43 Å². The van der Waals surface area contributed by atoms with E-state index in [1.807, 2.05) is 24.3 Å². The van der Waals surface area contributed by atoms with Crippen molar-refractivity contribution in [2.45, 2.75) is 6.92 Å². The number of rotatable bonds is 4. The van der Waals surface area contributed by atoms with E-state index in [1.54, 1.807) is 6.92 Å². The largest absolute Gasteiger partial charge is 0.274 e. The summed E-state index contributed by atoms with van der Waals surface area (Å²) >= 11 is 17.9. The Morgan fingerprint density at radius 3 is 2.35 bits per heavy atom. The van der Waals surface area contributed by atoms with Gasteiger partial charge in [-0.1, -0.05) is 46.9 Å². The molecule has 0 unspecified atom stereocenters. The molecular formula is C16H11Cl3N6O. The van der Waals surface area contributed by atoms with E-state index in [9.17, 15) is 4.79 Å². The molecule has 0 spiro atoms. The Morgan fingerprint density at radius 1 is 1.12 bits per heavy atom. The van der Waals surface area contributed by atoms with Gasteiger partial charge in [0.15, 0.2) is 0 Å². The lowest BCUT2D eigenvalue weighted by molar-refractivity contribution is 0.0955. The number of amides is 1. The van der Waals surface area contributed by atoms with Crippen LogP contribution in [-0.2, 0) is 0 Å². The van der Waals surface area contributed by atoms with Gasteiger partial charge in [-0.05, 0) is 47.2 Å². The first-order chi connectivity index (χ1) is 12.5. The Hall–Kier alpha value is -2.48. The highest BCUT2D eigenvalue weighted by atomic mass is 35.5. The smallest absolute Gasteiger partial charge is 0.267 e. The predicted molar refractivity (Wildman–Crippen MR) is 100 cm³/mol. The number of nitrogens with one attached hydrogen (secondary N) is 1. The van der Waals surface area contributed by atoms with Crippen LogP contribution in [0.2, 0.25) is 15.1 Å². The van der Waals surface area contributed by atoms with E-state index in [4.69, 9.17) is 34.8 Å². The third kappa shape index (κ3) is 4.01. The lowest BCUT2D eigenvalue weighted by atomic mass is 10.1. The minimum atomic E-state index is -0.527. The summed E-state index contributed by atoms with van der Waals surface area (Å²) in [6, 6.07) is 10.2. The summed E-state index contributed by atoms with van der Waals surface area (Å²) in [5.41, 5.74) is 4.77. The van der Waals surface area contributed by atoms with Crippen molar-refractivity contribution in [1.29, 1.82) is 0 Å². The molecule has 1 heterocycles. The predicted octanol–water partition coefficient (Wildman–Crippen LogP) is 3.78. The molecule has 0 radical (unpaired) electrons. The molecule has 0 saturated heterocycles. The van der Waals surface area contributed by atoms with Gasteiger partial charge in [-0.3, -0.25) is 4.79 Å². The Morgan fingerprint density at radius 2 is 1.77 bits per heavy atom. The fraction of sp³-hybridized carbons (Fsp3) is 0.0625. The maximum absolute atomic E-state index is 12.3. The second kappa shape index (κ2) is 7.82. The molecule has 1 N–H and O–H groups in total. The zero-order valence-electron chi connectivity index (χ0n) is 13.3. The van der Waals surface area contributed by atoms with Crippen molar-refractivity contribution in [2.24, 2.45) is 5.10 Å². The van der Waals surface area contributed by atoms with Crippen molar-refractivity contribution in [3.05, 3.63) is 68.9 Å². The van der Waals surface area contributed by atoms with Crippen molar-refractivity contribution < 1.29 is 4.79 Å². The van der Waals surface area contributed by atoms with Crippen molar-refractivity contribution in [3.8, 4) is 5.69 Å².